The minimum atomic E-state index is 0.479. The molecule has 1 aliphatic heterocycles. The summed E-state index contributed by atoms with van der Waals surface area (Å²) in [6.07, 6.45) is 3.34. The molecule has 3 nitrogen and oxygen atoms in total. The van der Waals surface area contributed by atoms with Crippen LogP contribution in [0.1, 0.15) is 19.3 Å². The Labute approximate surface area is 55.5 Å². The fraction of sp³-hybridized carbons (Fsp3) is 1.00. The van der Waals surface area contributed by atoms with Crippen LogP contribution in [-0.2, 0) is 4.74 Å². The molecule has 0 amide bonds. The summed E-state index contributed by atoms with van der Waals surface area (Å²) in [6, 6.07) is 0.479. The summed E-state index contributed by atoms with van der Waals surface area (Å²) in [6.45, 7) is 1.76. The van der Waals surface area contributed by atoms with Crippen LogP contribution in [0, 0.1) is 0 Å². The van der Waals surface area contributed by atoms with E-state index in [-0.39, 0.29) is 0 Å². The Hall–Kier alpha value is -0.120. The highest BCUT2D eigenvalue weighted by Crippen LogP contribution is 2.06. The van der Waals surface area contributed by atoms with Crippen molar-refractivity contribution in [3.05, 3.63) is 0 Å². The van der Waals surface area contributed by atoms with E-state index >= 15 is 0 Å². The Morgan fingerprint density at radius 1 is 1.33 bits per heavy atom. The van der Waals surface area contributed by atoms with Crippen molar-refractivity contribution in [2.24, 2.45) is 5.84 Å². The number of hydrazine groups is 1. The van der Waals surface area contributed by atoms with Gasteiger partial charge in [-0.05, 0) is 19.3 Å². The number of hydrogen-bond acceptors (Lipinski definition) is 3. The summed E-state index contributed by atoms with van der Waals surface area (Å²) in [5, 5.41) is 0. The first-order chi connectivity index (χ1) is 4.43. The quantitative estimate of drug-likeness (QED) is 0.388. The highest BCUT2D eigenvalue weighted by Gasteiger charge is 2.08. The zero-order chi connectivity index (χ0) is 6.53. The molecule has 0 radical (unpaired) electrons. The third-order valence-electron chi connectivity index (χ3n) is 1.69. The summed E-state index contributed by atoms with van der Waals surface area (Å²) in [4.78, 5) is 0. The molecule has 0 saturated carbocycles. The van der Waals surface area contributed by atoms with E-state index in [1.165, 1.54) is 0 Å². The molecule has 0 aliphatic carbocycles. The molecule has 0 aromatic rings. The molecule has 1 atom stereocenters. The molecule has 0 aromatic heterocycles. The number of rotatable bonds is 1. The minimum absolute atomic E-state index is 0.479. The van der Waals surface area contributed by atoms with Gasteiger partial charge in [0.15, 0.2) is 0 Å². The lowest BCUT2D eigenvalue weighted by Crippen LogP contribution is -2.34. The lowest BCUT2D eigenvalue weighted by molar-refractivity contribution is 0.142. The third-order valence-corrected chi connectivity index (χ3v) is 1.69. The van der Waals surface area contributed by atoms with Crippen LogP contribution >= 0.6 is 0 Å². The maximum atomic E-state index is 5.27. The Morgan fingerprint density at radius 3 is 3.00 bits per heavy atom. The van der Waals surface area contributed by atoms with Gasteiger partial charge in [-0.2, -0.15) is 0 Å². The standard InChI is InChI=1S/C6H14N2O/c7-8-6-2-1-4-9-5-3-6/h6,8H,1-5,7H2. The number of hydrogen-bond donors (Lipinski definition) is 2. The predicted octanol–water partition coefficient (Wildman–Crippen LogP) is 0.0188. The minimum Gasteiger partial charge on any atom is -0.381 e. The summed E-state index contributed by atoms with van der Waals surface area (Å²) in [5.74, 6) is 5.27. The van der Waals surface area contributed by atoms with Crippen molar-refractivity contribution in [1.82, 2.24) is 5.43 Å². The van der Waals surface area contributed by atoms with Crippen LogP contribution in [0.4, 0.5) is 0 Å². The van der Waals surface area contributed by atoms with E-state index < -0.39 is 0 Å². The number of nitrogens with two attached hydrogens (primary N) is 1. The Balaban J connectivity index is 2.18. The smallest absolute Gasteiger partial charge is 0.0481 e. The zero-order valence-corrected chi connectivity index (χ0v) is 5.60. The second kappa shape index (κ2) is 3.82. The molecule has 1 fully saturated rings. The van der Waals surface area contributed by atoms with Gasteiger partial charge < -0.3 is 4.74 Å². The van der Waals surface area contributed by atoms with E-state index in [4.69, 9.17) is 10.6 Å². The SMILES string of the molecule is NNC1CCCOCC1. The van der Waals surface area contributed by atoms with Gasteiger partial charge in [-0.3, -0.25) is 11.3 Å². The van der Waals surface area contributed by atoms with Crippen molar-refractivity contribution < 1.29 is 4.74 Å². The van der Waals surface area contributed by atoms with Gasteiger partial charge in [0.2, 0.25) is 0 Å². The van der Waals surface area contributed by atoms with Crippen LogP contribution in [0.15, 0.2) is 0 Å². The lowest BCUT2D eigenvalue weighted by Gasteiger charge is -2.09. The molecule has 1 heterocycles. The van der Waals surface area contributed by atoms with Gasteiger partial charge in [-0.15, -0.1) is 0 Å². The molecule has 1 aliphatic rings. The summed E-state index contributed by atoms with van der Waals surface area (Å²) in [7, 11) is 0. The van der Waals surface area contributed by atoms with E-state index in [1.807, 2.05) is 0 Å². The van der Waals surface area contributed by atoms with Gasteiger partial charge in [0.25, 0.3) is 0 Å². The molecular weight excluding hydrogens is 116 g/mol. The average Bonchev–Trinajstić information content (AvgIpc) is 2.13. The number of nitrogens with one attached hydrogen (secondary N) is 1. The van der Waals surface area contributed by atoms with Crippen LogP contribution < -0.4 is 11.3 Å². The second-order valence-corrected chi connectivity index (χ2v) is 2.41. The highest BCUT2D eigenvalue weighted by atomic mass is 16.5. The van der Waals surface area contributed by atoms with Gasteiger partial charge in [0.05, 0.1) is 0 Å². The Bertz CT molecular complexity index is 69.5. The molecule has 3 heteroatoms. The summed E-state index contributed by atoms with van der Waals surface area (Å²) >= 11 is 0. The fourth-order valence-corrected chi connectivity index (χ4v) is 1.07. The van der Waals surface area contributed by atoms with E-state index in [1.54, 1.807) is 0 Å². The molecule has 1 saturated heterocycles. The molecule has 1 rings (SSSR count). The first-order valence-electron chi connectivity index (χ1n) is 3.47. The van der Waals surface area contributed by atoms with Crippen molar-refractivity contribution in [3.63, 3.8) is 0 Å². The normalized spacial score (nSPS) is 29.7. The molecule has 0 bridgehead atoms. The topological polar surface area (TPSA) is 47.3 Å². The van der Waals surface area contributed by atoms with Crippen LogP contribution in [0.3, 0.4) is 0 Å². The highest BCUT2D eigenvalue weighted by molar-refractivity contribution is 4.65. The van der Waals surface area contributed by atoms with E-state index in [9.17, 15) is 0 Å². The summed E-state index contributed by atoms with van der Waals surface area (Å²) in [5.41, 5.74) is 2.76. The van der Waals surface area contributed by atoms with E-state index in [0.29, 0.717) is 6.04 Å². The van der Waals surface area contributed by atoms with Crippen LogP contribution in [0.25, 0.3) is 0 Å². The van der Waals surface area contributed by atoms with Crippen LogP contribution in [0.5, 0.6) is 0 Å². The second-order valence-electron chi connectivity index (χ2n) is 2.41. The maximum absolute atomic E-state index is 5.27. The molecule has 1 unspecified atom stereocenters. The number of ether oxygens (including phenoxy) is 1. The van der Waals surface area contributed by atoms with E-state index in [0.717, 1.165) is 32.5 Å². The molecular formula is C6H14N2O. The van der Waals surface area contributed by atoms with Gasteiger partial charge in [0.1, 0.15) is 0 Å². The molecule has 3 N–H and O–H groups in total. The van der Waals surface area contributed by atoms with Gasteiger partial charge in [0, 0.05) is 19.3 Å². The van der Waals surface area contributed by atoms with Gasteiger partial charge in [-0.25, -0.2) is 0 Å². The van der Waals surface area contributed by atoms with Crippen molar-refractivity contribution in [3.8, 4) is 0 Å². The predicted molar refractivity (Wildman–Crippen MR) is 35.8 cm³/mol. The fourth-order valence-electron chi connectivity index (χ4n) is 1.07. The lowest BCUT2D eigenvalue weighted by atomic mass is 10.1. The van der Waals surface area contributed by atoms with Crippen molar-refractivity contribution in [2.45, 2.75) is 25.3 Å². The summed E-state index contributed by atoms with van der Waals surface area (Å²) < 4.78 is 5.23. The van der Waals surface area contributed by atoms with Gasteiger partial charge in [-0.1, -0.05) is 0 Å². The molecule has 0 aromatic carbocycles. The van der Waals surface area contributed by atoms with Crippen molar-refractivity contribution in [2.75, 3.05) is 13.2 Å². The third kappa shape index (κ3) is 2.30. The molecule has 54 valence electrons. The first kappa shape index (κ1) is 6.99. The molecule has 9 heavy (non-hydrogen) atoms. The zero-order valence-electron chi connectivity index (χ0n) is 5.60. The molecule has 0 spiro atoms. The van der Waals surface area contributed by atoms with Crippen molar-refractivity contribution >= 4 is 0 Å². The van der Waals surface area contributed by atoms with Crippen LogP contribution in [0.2, 0.25) is 0 Å². The largest absolute Gasteiger partial charge is 0.381 e. The average molecular weight is 130 g/mol. The maximum Gasteiger partial charge on any atom is 0.0481 e. The Morgan fingerprint density at radius 2 is 2.22 bits per heavy atom. The van der Waals surface area contributed by atoms with Crippen LogP contribution in [-0.4, -0.2) is 19.3 Å². The monoisotopic (exact) mass is 130 g/mol. The van der Waals surface area contributed by atoms with Gasteiger partial charge >= 0.3 is 0 Å². The Kier molecular flexibility index (Phi) is 2.97. The van der Waals surface area contributed by atoms with Crippen molar-refractivity contribution in [1.29, 1.82) is 0 Å². The van der Waals surface area contributed by atoms with E-state index in [2.05, 4.69) is 5.43 Å². The first-order valence-corrected chi connectivity index (χ1v) is 3.47.